The van der Waals surface area contributed by atoms with E-state index < -0.39 is 14.0 Å². The fourth-order valence-electron chi connectivity index (χ4n) is 5.42. The van der Waals surface area contributed by atoms with Crippen molar-refractivity contribution in [2.24, 2.45) is 0 Å². The van der Waals surface area contributed by atoms with Gasteiger partial charge in [0.15, 0.2) is 0 Å². The second-order valence-electron chi connectivity index (χ2n) is 9.61. The van der Waals surface area contributed by atoms with E-state index in [1.807, 2.05) is 24.3 Å². The number of benzene rings is 4. The summed E-state index contributed by atoms with van der Waals surface area (Å²) in [6.07, 6.45) is 0. The van der Waals surface area contributed by atoms with E-state index >= 15 is 0 Å². The second-order valence-corrected chi connectivity index (χ2v) is 9.61. The lowest BCUT2D eigenvalue weighted by Gasteiger charge is -2.44. The first-order valence-corrected chi connectivity index (χ1v) is 12.5. The highest BCUT2D eigenvalue weighted by molar-refractivity contribution is 7.10. The Balaban J connectivity index is 1.21. The third-order valence-corrected chi connectivity index (χ3v) is 7.50. The Bertz CT molecular complexity index is 1060. The number of hydrogen-bond donors (Lipinski definition) is 0. The van der Waals surface area contributed by atoms with Gasteiger partial charge >= 0.3 is 14.0 Å². The second kappa shape index (κ2) is 10.1. The lowest BCUT2D eigenvalue weighted by atomic mass is 9.46. The Kier molecular flexibility index (Phi) is 6.51. The van der Waals surface area contributed by atoms with Crippen LogP contribution in [0.1, 0.15) is 22.3 Å². The average Bonchev–Trinajstić information content (AvgIpc) is 2.99. The molecule has 0 N–H and O–H groups in total. The number of hydrogen-bond acceptors (Lipinski definition) is 4. The molecule has 0 aliphatic carbocycles. The van der Waals surface area contributed by atoms with Crippen LogP contribution in [0.4, 0.5) is 0 Å². The molecule has 178 valence electrons. The van der Waals surface area contributed by atoms with Crippen molar-refractivity contribution in [3.8, 4) is 0 Å². The first-order valence-electron chi connectivity index (χ1n) is 12.5. The van der Waals surface area contributed by atoms with Crippen LogP contribution in [0.15, 0.2) is 121 Å². The summed E-state index contributed by atoms with van der Waals surface area (Å²) in [5, 5.41) is 0. The Morgan fingerprint density at radius 1 is 0.361 bits per heavy atom. The van der Waals surface area contributed by atoms with Crippen molar-refractivity contribution in [3.63, 3.8) is 0 Å². The minimum Gasteiger partial charge on any atom is -0.412 e. The summed E-state index contributed by atoms with van der Waals surface area (Å²) in [5.41, 5.74) is 3.93. The van der Waals surface area contributed by atoms with Crippen LogP contribution in [0.3, 0.4) is 0 Å². The van der Waals surface area contributed by atoms with Crippen LogP contribution < -0.4 is 0 Å². The van der Waals surface area contributed by atoms with Gasteiger partial charge in [0.25, 0.3) is 0 Å². The third kappa shape index (κ3) is 4.21. The monoisotopic (exact) mass is 474 g/mol. The van der Waals surface area contributed by atoms with Crippen molar-refractivity contribution in [2.75, 3.05) is 26.4 Å². The van der Waals surface area contributed by atoms with Gasteiger partial charge in [-0.05, 0) is 22.3 Å². The zero-order valence-electron chi connectivity index (χ0n) is 20.2. The van der Waals surface area contributed by atoms with E-state index in [0.717, 1.165) is 0 Å². The van der Waals surface area contributed by atoms with E-state index in [-0.39, 0.29) is 10.8 Å². The number of rotatable bonds is 5. The van der Waals surface area contributed by atoms with Crippen LogP contribution >= 0.6 is 0 Å². The molecule has 0 aromatic heterocycles. The lowest BCUT2D eigenvalue weighted by molar-refractivity contribution is 0.0489. The molecule has 2 heterocycles. The van der Waals surface area contributed by atoms with Gasteiger partial charge in [0.2, 0.25) is 0 Å². The molecule has 0 saturated carbocycles. The Labute approximate surface area is 213 Å². The van der Waals surface area contributed by atoms with Crippen LogP contribution in [0.25, 0.3) is 0 Å². The smallest absolute Gasteiger partial charge is 0.412 e. The molecule has 2 aliphatic heterocycles. The molecule has 6 heteroatoms. The topological polar surface area (TPSA) is 36.9 Å². The quantitative estimate of drug-likeness (QED) is 0.377. The molecule has 36 heavy (non-hydrogen) atoms. The van der Waals surface area contributed by atoms with E-state index in [2.05, 4.69) is 97.1 Å². The summed E-state index contributed by atoms with van der Waals surface area (Å²) in [6, 6.07) is 41.7. The molecule has 6 rings (SSSR count). The highest BCUT2D eigenvalue weighted by atomic mass is 16.7. The van der Waals surface area contributed by atoms with Gasteiger partial charge in [0, 0.05) is 26.4 Å². The summed E-state index contributed by atoms with van der Waals surface area (Å²) in [5.74, 6) is 0. The van der Waals surface area contributed by atoms with Crippen LogP contribution in [0.2, 0.25) is 0 Å². The predicted octanol–water partition coefficient (Wildman–Crippen LogP) is 5.11. The molecule has 4 aromatic carbocycles. The van der Waals surface area contributed by atoms with Gasteiger partial charge in [-0.15, -0.1) is 0 Å². The zero-order chi connectivity index (χ0) is 24.3. The van der Waals surface area contributed by atoms with E-state index in [1.54, 1.807) is 0 Å². The van der Waals surface area contributed by atoms with Gasteiger partial charge in [0.05, 0.1) is 10.8 Å². The van der Waals surface area contributed by atoms with Crippen LogP contribution in [-0.4, -0.2) is 40.4 Å². The summed E-state index contributed by atoms with van der Waals surface area (Å²) in [6.45, 7) is 1.93. The molecule has 0 atom stereocenters. The van der Waals surface area contributed by atoms with E-state index in [4.69, 9.17) is 18.6 Å². The first-order chi connectivity index (χ1) is 17.8. The first kappa shape index (κ1) is 23.3. The fourth-order valence-corrected chi connectivity index (χ4v) is 5.42. The summed E-state index contributed by atoms with van der Waals surface area (Å²) in [7, 11) is -1.18. The Hall–Kier alpha value is -3.15. The van der Waals surface area contributed by atoms with Gasteiger partial charge in [-0.1, -0.05) is 121 Å². The minimum absolute atomic E-state index is 0.383. The van der Waals surface area contributed by atoms with Crippen molar-refractivity contribution in [2.45, 2.75) is 10.8 Å². The highest BCUT2D eigenvalue weighted by Crippen LogP contribution is 2.39. The van der Waals surface area contributed by atoms with Crippen molar-refractivity contribution in [3.05, 3.63) is 144 Å². The van der Waals surface area contributed by atoms with Crippen LogP contribution in [0.5, 0.6) is 0 Å². The Morgan fingerprint density at radius 3 is 0.806 bits per heavy atom. The van der Waals surface area contributed by atoms with Gasteiger partial charge < -0.3 is 18.6 Å². The fraction of sp³-hybridized carbons (Fsp3) is 0.200. The van der Waals surface area contributed by atoms with Crippen LogP contribution in [-0.2, 0) is 29.4 Å². The molecular weight excluding hydrogens is 446 g/mol. The van der Waals surface area contributed by atoms with E-state index in [9.17, 15) is 0 Å². The minimum atomic E-state index is -0.588. The summed E-state index contributed by atoms with van der Waals surface area (Å²) < 4.78 is 25.4. The molecule has 4 aromatic rings. The maximum Gasteiger partial charge on any atom is 0.488 e. The van der Waals surface area contributed by atoms with Crippen molar-refractivity contribution < 1.29 is 18.6 Å². The van der Waals surface area contributed by atoms with Gasteiger partial charge in [0.1, 0.15) is 0 Å². The molecule has 0 amide bonds. The molecule has 2 fully saturated rings. The molecule has 0 bridgehead atoms. The Morgan fingerprint density at radius 2 is 0.583 bits per heavy atom. The molecule has 2 saturated heterocycles. The summed E-state index contributed by atoms with van der Waals surface area (Å²) in [4.78, 5) is 0. The molecular formula is C30H28B2O4. The van der Waals surface area contributed by atoms with E-state index in [1.165, 1.54) is 22.3 Å². The normalized spacial score (nSPS) is 19.1. The zero-order valence-corrected chi connectivity index (χ0v) is 20.2. The van der Waals surface area contributed by atoms with Crippen molar-refractivity contribution in [1.82, 2.24) is 0 Å². The predicted molar refractivity (Wildman–Crippen MR) is 143 cm³/mol. The van der Waals surface area contributed by atoms with Gasteiger partial charge in [-0.2, -0.15) is 0 Å². The van der Waals surface area contributed by atoms with Gasteiger partial charge in [-0.3, -0.25) is 0 Å². The highest BCUT2D eigenvalue weighted by Gasteiger charge is 2.52. The van der Waals surface area contributed by atoms with Crippen molar-refractivity contribution >= 4 is 14.0 Å². The molecule has 0 radical (unpaired) electrons. The maximum atomic E-state index is 6.35. The van der Waals surface area contributed by atoms with E-state index in [0.29, 0.717) is 26.4 Å². The molecule has 2 aliphatic rings. The largest absolute Gasteiger partial charge is 0.488 e. The lowest BCUT2D eigenvalue weighted by Crippen LogP contribution is -2.60. The molecule has 0 spiro atoms. The van der Waals surface area contributed by atoms with Gasteiger partial charge in [-0.25, -0.2) is 0 Å². The SMILES string of the molecule is c1ccc(C2(c3ccccc3)COB(B3OCC(c4ccccc4)(c4ccccc4)CO3)OC2)cc1. The van der Waals surface area contributed by atoms with Crippen molar-refractivity contribution in [1.29, 1.82) is 0 Å². The maximum absolute atomic E-state index is 6.35. The summed E-state index contributed by atoms with van der Waals surface area (Å²) >= 11 is 0. The molecule has 0 unspecified atom stereocenters. The van der Waals surface area contributed by atoms with Crippen LogP contribution in [0, 0.1) is 0 Å². The third-order valence-electron chi connectivity index (χ3n) is 7.50. The average molecular weight is 474 g/mol. The standard InChI is InChI=1S/C30H28B2O4/c1-5-13-25(14-6-1)29(26-15-7-2-8-16-26)21-33-31(34-22-29)32-35-23-30(24-36-32,27-17-9-3-10-18-27)28-19-11-4-12-20-28/h1-20H,21-24H2. The molecule has 4 nitrogen and oxygen atoms in total.